The molecule has 1 aromatic carbocycles. The number of carbonyl (C=O) groups is 1. The number of nitro benzene ring substituents is 1. The van der Waals surface area contributed by atoms with Gasteiger partial charge in [0.05, 0.1) is 4.92 Å². The lowest BCUT2D eigenvalue weighted by Gasteiger charge is -2.39. The molecule has 1 N–H and O–H groups in total. The summed E-state index contributed by atoms with van der Waals surface area (Å²) in [6.45, 7) is 5.01. The van der Waals surface area contributed by atoms with Gasteiger partial charge in [0.1, 0.15) is 5.56 Å². The van der Waals surface area contributed by atoms with Crippen molar-refractivity contribution in [3.63, 3.8) is 0 Å². The highest BCUT2D eigenvalue weighted by molar-refractivity contribution is 8.00. The van der Waals surface area contributed by atoms with E-state index >= 15 is 0 Å². The Hall–Kier alpha value is -1.76. The molecular formula is C13H16N2O4S. The van der Waals surface area contributed by atoms with Gasteiger partial charge in [0.15, 0.2) is 0 Å². The number of carboxylic acids is 1. The number of thioether (sulfide) groups is 1. The van der Waals surface area contributed by atoms with Crippen molar-refractivity contribution in [3.05, 3.63) is 33.9 Å². The lowest BCUT2D eigenvalue weighted by Crippen LogP contribution is -2.44. The fourth-order valence-corrected chi connectivity index (χ4v) is 3.43. The van der Waals surface area contributed by atoms with Gasteiger partial charge in [-0.2, -0.15) is 11.8 Å². The molecule has 1 aromatic rings. The summed E-state index contributed by atoms with van der Waals surface area (Å²) in [7, 11) is 0. The Kier molecular flexibility index (Phi) is 4.17. The minimum Gasteiger partial charge on any atom is -0.477 e. The van der Waals surface area contributed by atoms with Crippen molar-refractivity contribution >= 4 is 29.1 Å². The number of rotatable bonds is 3. The average molecular weight is 296 g/mol. The van der Waals surface area contributed by atoms with E-state index < -0.39 is 10.9 Å². The molecule has 0 saturated carbocycles. The van der Waals surface area contributed by atoms with Crippen LogP contribution in [-0.2, 0) is 0 Å². The summed E-state index contributed by atoms with van der Waals surface area (Å²) in [5.41, 5.74) is 0.0836. The summed E-state index contributed by atoms with van der Waals surface area (Å²) >= 11 is 1.87. The minimum absolute atomic E-state index is 0.254. The van der Waals surface area contributed by atoms with Crippen molar-refractivity contribution in [2.24, 2.45) is 0 Å². The van der Waals surface area contributed by atoms with Gasteiger partial charge in [-0.25, -0.2) is 4.79 Å². The van der Waals surface area contributed by atoms with Crippen LogP contribution >= 0.6 is 11.8 Å². The highest BCUT2D eigenvalue weighted by atomic mass is 32.2. The van der Waals surface area contributed by atoms with Gasteiger partial charge >= 0.3 is 5.97 Å². The molecule has 0 bridgehead atoms. The summed E-state index contributed by atoms with van der Waals surface area (Å²) < 4.78 is 0. The number of hydrogen-bond donors (Lipinski definition) is 1. The Balaban J connectivity index is 2.40. The minimum atomic E-state index is -1.28. The third kappa shape index (κ3) is 2.72. The number of carboxylic acid groups (broad SMARTS) is 1. The predicted octanol–water partition coefficient (Wildman–Crippen LogP) is 2.62. The van der Waals surface area contributed by atoms with Crippen LogP contribution < -0.4 is 4.90 Å². The third-order valence-corrected chi connectivity index (χ3v) is 4.96. The molecule has 0 amide bonds. The van der Waals surface area contributed by atoms with Gasteiger partial charge in [0.2, 0.25) is 0 Å². The molecule has 108 valence electrons. The summed E-state index contributed by atoms with van der Waals surface area (Å²) in [4.78, 5) is 23.5. The van der Waals surface area contributed by atoms with E-state index in [9.17, 15) is 14.9 Å². The molecule has 20 heavy (non-hydrogen) atoms. The Morgan fingerprint density at radius 1 is 1.50 bits per heavy atom. The van der Waals surface area contributed by atoms with Crippen LogP contribution in [0, 0.1) is 10.1 Å². The third-order valence-electron chi connectivity index (χ3n) is 3.62. The Morgan fingerprint density at radius 3 is 2.80 bits per heavy atom. The summed E-state index contributed by atoms with van der Waals surface area (Å²) in [6, 6.07) is 4.58. The Morgan fingerprint density at radius 2 is 2.20 bits per heavy atom. The van der Waals surface area contributed by atoms with E-state index in [1.807, 2.05) is 11.8 Å². The van der Waals surface area contributed by atoms with Crippen LogP contribution in [0.5, 0.6) is 0 Å². The Labute approximate surface area is 120 Å². The number of aromatic carboxylic acids is 1. The van der Waals surface area contributed by atoms with E-state index in [1.54, 1.807) is 6.07 Å². The van der Waals surface area contributed by atoms with Crippen molar-refractivity contribution in [1.29, 1.82) is 0 Å². The monoisotopic (exact) mass is 296 g/mol. The first-order valence-corrected chi connectivity index (χ1v) is 7.36. The van der Waals surface area contributed by atoms with Crippen LogP contribution in [0.3, 0.4) is 0 Å². The van der Waals surface area contributed by atoms with Crippen molar-refractivity contribution in [2.45, 2.75) is 25.1 Å². The molecule has 0 radical (unpaired) electrons. The van der Waals surface area contributed by atoms with Gasteiger partial charge in [-0.1, -0.05) is 6.92 Å². The molecule has 0 aromatic heterocycles. The lowest BCUT2D eigenvalue weighted by molar-refractivity contribution is -0.385. The van der Waals surface area contributed by atoms with Gasteiger partial charge in [-0.05, 0) is 19.1 Å². The topological polar surface area (TPSA) is 83.7 Å². The number of nitro groups is 1. The standard InChI is InChI=1S/C13H16N2O4S/c1-8-9(2)20-6-5-14(8)10-3-4-11(13(16)17)12(7-10)15(18)19/h3-4,7-9H,5-6H2,1-2H3,(H,16,17). The first kappa shape index (κ1) is 14.6. The molecule has 2 unspecified atom stereocenters. The maximum atomic E-state index is 11.0. The maximum Gasteiger partial charge on any atom is 0.342 e. The van der Waals surface area contributed by atoms with Crippen LogP contribution in [0.4, 0.5) is 11.4 Å². The zero-order chi connectivity index (χ0) is 14.9. The van der Waals surface area contributed by atoms with Gasteiger partial charge in [-0.15, -0.1) is 0 Å². The van der Waals surface area contributed by atoms with Crippen molar-refractivity contribution in [1.82, 2.24) is 0 Å². The maximum absolute atomic E-state index is 11.0. The molecule has 7 heteroatoms. The normalized spacial score (nSPS) is 22.6. The molecule has 1 fully saturated rings. The van der Waals surface area contributed by atoms with Crippen LogP contribution in [-0.4, -0.2) is 39.6 Å². The lowest BCUT2D eigenvalue weighted by atomic mass is 10.1. The summed E-state index contributed by atoms with van der Waals surface area (Å²) in [5, 5.41) is 20.4. The molecule has 1 heterocycles. The molecular weight excluding hydrogens is 280 g/mol. The second kappa shape index (κ2) is 5.70. The second-order valence-electron chi connectivity index (χ2n) is 4.77. The van der Waals surface area contributed by atoms with Gasteiger partial charge in [0, 0.05) is 35.3 Å². The molecule has 1 saturated heterocycles. The van der Waals surface area contributed by atoms with Crippen LogP contribution in [0.1, 0.15) is 24.2 Å². The van der Waals surface area contributed by atoms with E-state index in [-0.39, 0.29) is 17.3 Å². The van der Waals surface area contributed by atoms with E-state index in [0.29, 0.717) is 10.9 Å². The number of benzene rings is 1. The van der Waals surface area contributed by atoms with Crippen LogP contribution in [0.15, 0.2) is 18.2 Å². The highest BCUT2D eigenvalue weighted by Gasteiger charge is 2.28. The molecule has 0 aliphatic carbocycles. The molecule has 0 spiro atoms. The quantitative estimate of drug-likeness (QED) is 0.682. The van der Waals surface area contributed by atoms with Crippen molar-refractivity contribution < 1.29 is 14.8 Å². The number of anilines is 1. The predicted molar refractivity (Wildman–Crippen MR) is 78.8 cm³/mol. The first-order valence-electron chi connectivity index (χ1n) is 6.31. The fourth-order valence-electron chi connectivity index (χ4n) is 2.33. The van der Waals surface area contributed by atoms with Crippen molar-refractivity contribution in [3.8, 4) is 0 Å². The zero-order valence-corrected chi connectivity index (χ0v) is 12.1. The largest absolute Gasteiger partial charge is 0.477 e. The van der Waals surface area contributed by atoms with E-state index in [1.165, 1.54) is 12.1 Å². The van der Waals surface area contributed by atoms with Gasteiger partial charge in [0.25, 0.3) is 5.69 Å². The van der Waals surface area contributed by atoms with Crippen LogP contribution in [0.25, 0.3) is 0 Å². The fraction of sp³-hybridized carbons (Fsp3) is 0.462. The molecule has 2 rings (SSSR count). The van der Waals surface area contributed by atoms with Crippen LogP contribution in [0.2, 0.25) is 0 Å². The Bertz CT molecular complexity index is 549. The molecule has 1 aliphatic rings. The van der Waals surface area contributed by atoms with E-state index in [2.05, 4.69) is 18.7 Å². The molecule has 1 aliphatic heterocycles. The second-order valence-corrected chi connectivity index (χ2v) is 6.26. The van der Waals surface area contributed by atoms with E-state index in [0.717, 1.165) is 12.3 Å². The van der Waals surface area contributed by atoms with Gasteiger partial charge in [-0.3, -0.25) is 10.1 Å². The SMILES string of the molecule is CC1SCCN(c2ccc(C(=O)O)c([N+](=O)[O-])c2)C1C. The average Bonchev–Trinajstić information content (AvgIpc) is 2.41. The zero-order valence-electron chi connectivity index (χ0n) is 11.3. The van der Waals surface area contributed by atoms with Crippen molar-refractivity contribution in [2.75, 3.05) is 17.2 Å². The molecule has 6 nitrogen and oxygen atoms in total. The van der Waals surface area contributed by atoms with E-state index in [4.69, 9.17) is 5.11 Å². The smallest absolute Gasteiger partial charge is 0.342 e. The molecule has 2 atom stereocenters. The highest BCUT2D eigenvalue weighted by Crippen LogP contribution is 2.32. The number of hydrogen-bond acceptors (Lipinski definition) is 5. The number of nitrogens with zero attached hydrogens (tertiary/aromatic N) is 2. The summed E-state index contributed by atoms with van der Waals surface area (Å²) in [6.07, 6.45) is 0. The first-order chi connectivity index (χ1) is 9.41. The summed E-state index contributed by atoms with van der Waals surface area (Å²) in [5.74, 6) is -0.321. The van der Waals surface area contributed by atoms with Gasteiger partial charge < -0.3 is 10.0 Å².